The molecule has 5 nitrogen and oxygen atoms in total. The molecule has 2 aromatic carbocycles. The number of methoxy groups -OCH3 is 1. The van der Waals surface area contributed by atoms with Crippen LogP contribution >= 0.6 is 0 Å². The van der Waals surface area contributed by atoms with Gasteiger partial charge in [-0.25, -0.2) is 4.98 Å². The van der Waals surface area contributed by atoms with Crippen LogP contribution in [0.25, 0.3) is 22.2 Å². The molecule has 4 aromatic rings. The smallest absolute Gasteiger partial charge is 0.124 e. The van der Waals surface area contributed by atoms with E-state index < -0.39 is 0 Å². The molecule has 1 atom stereocenters. The topological polar surface area (TPSA) is 51.4 Å². The second-order valence-corrected chi connectivity index (χ2v) is 7.44. The molecule has 2 heterocycles. The maximum atomic E-state index is 5.39. The molecular formula is C24H25N3O2. The number of aryl methyl sites for hydroxylation is 1. The van der Waals surface area contributed by atoms with E-state index in [0.29, 0.717) is 0 Å². The molecule has 0 saturated heterocycles. The molecule has 0 saturated carbocycles. The summed E-state index contributed by atoms with van der Waals surface area (Å²) in [6, 6.07) is 18.8. The summed E-state index contributed by atoms with van der Waals surface area (Å²) in [6.45, 7) is 4.97. The number of pyridine rings is 1. The number of benzene rings is 2. The second kappa shape index (κ2) is 8.05. The van der Waals surface area contributed by atoms with Crippen molar-refractivity contribution >= 4 is 10.9 Å². The molecule has 0 amide bonds. The Morgan fingerprint density at radius 1 is 1.10 bits per heavy atom. The first-order valence-electron chi connectivity index (χ1n) is 9.70. The molecule has 0 bridgehead atoms. The zero-order valence-corrected chi connectivity index (χ0v) is 17.2. The van der Waals surface area contributed by atoms with Gasteiger partial charge >= 0.3 is 0 Å². The summed E-state index contributed by atoms with van der Waals surface area (Å²) in [4.78, 5) is 7.28. The number of nitrogens with zero attached hydrogens (tertiary/aromatic N) is 3. The first-order chi connectivity index (χ1) is 14.0. The van der Waals surface area contributed by atoms with Crippen LogP contribution in [0.5, 0.6) is 5.75 Å². The lowest BCUT2D eigenvalue weighted by atomic mass is 10.0. The van der Waals surface area contributed by atoms with Gasteiger partial charge in [0, 0.05) is 29.6 Å². The lowest BCUT2D eigenvalue weighted by Crippen LogP contribution is -2.22. The lowest BCUT2D eigenvalue weighted by molar-refractivity contribution is 0.241. The number of rotatable bonds is 6. The fraction of sp³-hybridized carbons (Fsp3) is 0.250. The minimum absolute atomic E-state index is 0.130. The molecule has 0 spiro atoms. The normalized spacial score (nSPS) is 12.4. The van der Waals surface area contributed by atoms with E-state index in [9.17, 15) is 0 Å². The van der Waals surface area contributed by atoms with Crippen molar-refractivity contribution < 1.29 is 9.26 Å². The van der Waals surface area contributed by atoms with E-state index in [2.05, 4.69) is 67.3 Å². The fourth-order valence-electron chi connectivity index (χ4n) is 3.55. The van der Waals surface area contributed by atoms with Gasteiger partial charge in [-0.05, 0) is 50.7 Å². The third kappa shape index (κ3) is 4.00. The maximum Gasteiger partial charge on any atom is 0.124 e. The van der Waals surface area contributed by atoms with Crippen LogP contribution in [-0.4, -0.2) is 29.2 Å². The van der Waals surface area contributed by atoms with Crippen LogP contribution in [0.4, 0.5) is 0 Å². The van der Waals surface area contributed by atoms with Crippen molar-refractivity contribution in [3.05, 3.63) is 77.7 Å². The van der Waals surface area contributed by atoms with Crippen molar-refractivity contribution in [2.75, 3.05) is 14.2 Å². The highest BCUT2D eigenvalue weighted by Gasteiger charge is 2.18. The highest BCUT2D eigenvalue weighted by molar-refractivity contribution is 5.84. The Kier molecular flexibility index (Phi) is 5.32. The van der Waals surface area contributed by atoms with E-state index in [-0.39, 0.29) is 6.04 Å². The number of aromatic nitrogens is 2. The van der Waals surface area contributed by atoms with Gasteiger partial charge in [0.25, 0.3) is 0 Å². The summed E-state index contributed by atoms with van der Waals surface area (Å²) in [5, 5.41) is 5.19. The predicted octanol–water partition coefficient (Wildman–Crippen LogP) is 5.40. The average molecular weight is 387 g/mol. The quantitative estimate of drug-likeness (QED) is 0.443. The third-order valence-corrected chi connectivity index (χ3v) is 5.36. The zero-order valence-electron chi connectivity index (χ0n) is 17.2. The van der Waals surface area contributed by atoms with Gasteiger partial charge in [0.15, 0.2) is 0 Å². The van der Waals surface area contributed by atoms with Gasteiger partial charge in [-0.3, -0.25) is 4.90 Å². The van der Waals surface area contributed by atoms with Gasteiger partial charge < -0.3 is 9.26 Å². The van der Waals surface area contributed by atoms with Crippen molar-refractivity contribution in [2.24, 2.45) is 0 Å². The maximum absolute atomic E-state index is 5.39. The van der Waals surface area contributed by atoms with Crippen LogP contribution in [0, 0.1) is 6.92 Å². The third-order valence-electron chi connectivity index (χ3n) is 5.36. The van der Waals surface area contributed by atoms with E-state index in [0.717, 1.165) is 40.1 Å². The molecule has 148 valence electrons. The average Bonchev–Trinajstić information content (AvgIpc) is 3.27. The van der Waals surface area contributed by atoms with Crippen molar-refractivity contribution in [2.45, 2.75) is 26.4 Å². The molecule has 0 N–H and O–H groups in total. The summed E-state index contributed by atoms with van der Waals surface area (Å²) >= 11 is 0. The Morgan fingerprint density at radius 2 is 1.97 bits per heavy atom. The van der Waals surface area contributed by atoms with E-state index in [1.165, 1.54) is 11.1 Å². The van der Waals surface area contributed by atoms with Gasteiger partial charge in [0.05, 0.1) is 24.4 Å². The number of hydrogen-bond donors (Lipinski definition) is 0. The summed E-state index contributed by atoms with van der Waals surface area (Å²) in [5.74, 6) is 0.810. The van der Waals surface area contributed by atoms with Crippen LogP contribution in [0.1, 0.15) is 29.8 Å². The van der Waals surface area contributed by atoms with Crippen LogP contribution < -0.4 is 4.74 Å². The van der Waals surface area contributed by atoms with Crippen molar-refractivity contribution in [3.63, 3.8) is 0 Å². The van der Waals surface area contributed by atoms with Crippen molar-refractivity contribution in [1.29, 1.82) is 0 Å². The number of hydrogen-bond acceptors (Lipinski definition) is 5. The SMILES string of the molecule is COc1ccc2cc(CN(C)[C@H](C)c3ccon3)c(-c3cccc(C)c3)nc2c1. The Balaban J connectivity index is 1.79. The first-order valence-corrected chi connectivity index (χ1v) is 9.70. The Morgan fingerprint density at radius 3 is 2.69 bits per heavy atom. The standard InChI is InChI=1S/C24H25N3O2/c1-16-6-5-7-19(12-16)24-20(15-27(3)17(2)22-10-11-29-26-22)13-18-8-9-21(28-4)14-23(18)25-24/h5-14,17H,15H2,1-4H3/t17-/m1/s1. The van der Waals surface area contributed by atoms with E-state index in [4.69, 9.17) is 14.2 Å². The molecule has 2 aromatic heterocycles. The van der Waals surface area contributed by atoms with Crippen LogP contribution in [0.15, 0.2) is 65.4 Å². The predicted molar refractivity (Wildman–Crippen MR) is 115 cm³/mol. The fourth-order valence-corrected chi connectivity index (χ4v) is 3.55. The molecule has 0 unspecified atom stereocenters. The molecule has 0 aliphatic heterocycles. The largest absolute Gasteiger partial charge is 0.497 e. The van der Waals surface area contributed by atoms with Crippen LogP contribution in [-0.2, 0) is 6.54 Å². The monoisotopic (exact) mass is 387 g/mol. The highest BCUT2D eigenvalue weighted by atomic mass is 16.5. The minimum Gasteiger partial charge on any atom is -0.497 e. The highest BCUT2D eigenvalue weighted by Crippen LogP contribution is 2.30. The van der Waals surface area contributed by atoms with Gasteiger partial charge in [0.1, 0.15) is 17.7 Å². The van der Waals surface area contributed by atoms with Crippen LogP contribution in [0.2, 0.25) is 0 Å². The Hall–Kier alpha value is -3.18. The van der Waals surface area contributed by atoms with Gasteiger partial charge in [0.2, 0.25) is 0 Å². The number of ether oxygens (including phenoxy) is 1. The molecule has 5 heteroatoms. The molecule has 0 fully saturated rings. The van der Waals surface area contributed by atoms with Gasteiger partial charge in [-0.1, -0.05) is 28.9 Å². The molecule has 0 aliphatic carbocycles. The van der Waals surface area contributed by atoms with E-state index >= 15 is 0 Å². The Bertz CT molecular complexity index is 1120. The summed E-state index contributed by atoms with van der Waals surface area (Å²) in [6.07, 6.45) is 1.61. The van der Waals surface area contributed by atoms with Gasteiger partial charge in [-0.2, -0.15) is 0 Å². The van der Waals surface area contributed by atoms with E-state index in [1.807, 2.05) is 18.2 Å². The summed E-state index contributed by atoms with van der Waals surface area (Å²) < 4.78 is 10.4. The van der Waals surface area contributed by atoms with Gasteiger partial charge in [-0.15, -0.1) is 0 Å². The van der Waals surface area contributed by atoms with Crippen LogP contribution in [0.3, 0.4) is 0 Å². The van der Waals surface area contributed by atoms with E-state index in [1.54, 1.807) is 13.4 Å². The lowest BCUT2D eigenvalue weighted by Gasteiger charge is -2.24. The molecular weight excluding hydrogens is 362 g/mol. The zero-order chi connectivity index (χ0) is 20.4. The minimum atomic E-state index is 0.130. The summed E-state index contributed by atoms with van der Waals surface area (Å²) in [7, 11) is 3.77. The molecule has 0 aliphatic rings. The van der Waals surface area contributed by atoms with Crippen molar-refractivity contribution in [1.82, 2.24) is 15.0 Å². The number of fused-ring (bicyclic) bond motifs is 1. The first kappa shape index (κ1) is 19.2. The Labute approximate surface area is 170 Å². The second-order valence-electron chi connectivity index (χ2n) is 7.44. The van der Waals surface area contributed by atoms with Crippen molar-refractivity contribution in [3.8, 4) is 17.0 Å². The summed E-state index contributed by atoms with van der Waals surface area (Å²) in [5.41, 5.74) is 6.34. The molecule has 0 radical (unpaired) electrons. The molecule has 4 rings (SSSR count). The molecule has 29 heavy (non-hydrogen) atoms.